The summed E-state index contributed by atoms with van der Waals surface area (Å²) in [6.07, 6.45) is 2.94. The molecule has 1 rings (SSSR count). The predicted octanol–water partition coefficient (Wildman–Crippen LogP) is 1.94. The van der Waals surface area contributed by atoms with E-state index in [-0.39, 0.29) is 0 Å². The molecule has 12 heavy (non-hydrogen) atoms. The van der Waals surface area contributed by atoms with Crippen molar-refractivity contribution in [1.82, 2.24) is 15.5 Å². The zero-order chi connectivity index (χ0) is 9.23. The highest BCUT2D eigenvalue weighted by Gasteiger charge is 1.89. The molecule has 3 nitrogen and oxygen atoms in total. The highest BCUT2D eigenvalue weighted by atomic mass is 15.1. The van der Waals surface area contributed by atoms with E-state index < -0.39 is 0 Å². The molecule has 70 valence electrons. The molecule has 1 aromatic heterocycles. The maximum absolute atomic E-state index is 3.84. The van der Waals surface area contributed by atoms with Crippen LogP contribution in [0.15, 0.2) is 12.3 Å². The summed E-state index contributed by atoms with van der Waals surface area (Å²) in [7, 11) is 0. The van der Waals surface area contributed by atoms with Crippen LogP contribution in [0.4, 0.5) is 0 Å². The summed E-state index contributed by atoms with van der Waals surface area (Å²) in [6.45, 7) is 8.12. The molecule has 0 aliphatic rings. The van der Waals surface area contributed by atoms with Crippen LogP contribution < -0.4 is 5.32 Å². The molecule has 0 aromatic carbocycles. The summed E-state index contributed by atoms with van der Waals surface area (Å²) < 4.78 is 0. The molecular formula is C9H19N3. The topological polar surface area (TPSA) is 40.7 Å². The summed E-state index contributed by atoms with van der Waals surface area (Å²) in [4.78, 5) is 0. The number of rotatable bonds is 4. The maximum Gasteiger partial charge on any atom is 0.0490 e. The van der Waals surface area contributed by atoms with Gasteiger partial charge in [-0.15, -0.1) is 0 Å². The average Bonchev–Trinajstić information content (AvgIpc) is 2.61. The van der Waals surface area contributed by atoms with Gasteiger partial charge in [0.15, 0.2) is 0 Å². The highest BCUT2D eigenvalue weighted by molar-refractivity contribution is 4.96. The zero-order valence-corrected chi connectivity index (χ0v) is 8.22. The van der Waals surface area contributed by atoms with Crippen LogP contribution in [0.1, 0.15) is 32.9 Å². The number of aromatic nitrogens is 2. The van der Waals surface area contributed by atoms with E-state index in [2.05, 4.69) is 22.4 Å². The normalized spacial score (nSPS) is 8.92. The first-order valence-corrected chi connectivity index (χ1v) is 4.62. The van der Waals surface area contributed by atoms with Gasteiger partial charge in [-0.3, -0.25) is 5.10 Å². The van der Waals surface area contributed by atoms with Gasteiger partial charge in [-0.1, -0.05) is 20.8 Å². The Morgan fingerprint density at radius 1 is 1.50 bits per heavy atom. The van der Waals surface area contributed by atoms with Crippen molar-refractivity contribution in [3.63, 3.8) is 0 Å². The second-order valence-corrected chi connectivity index (χ2v) is 2.26. The first-order valence-electron chi connectivity index (χ1n) is 4.62. The fourth-order valence-corrected chi connectivity index (χ4v) is 0.783. The van der Waals surface area contributed by atoms with Gasteiger partial charge in [-0.2, -0.15) is 5.10 Å². The SMILES string of the molecule is CC.CCCNCc1ccn[nH]1. The first-order chi connectivity index (χ1) is 5.93. The number of nitrogens with one attached hydrogen (secondary N) is 2. The van der Waals surface area contributed by atoms with Crippen molar-refractivity contribution in [2.24, 2.45) is 0 Å². The van der Waals surface area contributed by atoms with Gasteiger partial charge in [0.1, 0.15) is 0 Å². The number of hydrogen-bond donors (Lipinski definition) is 2. The van der Waals surface area contributed by atoms with Gasteiger partial charge in [0.05, 0.1) is 0 Å². The lowest BCUT2D eigenvalue weighted by Gasteiger charge is -1.97. The number of nitrogens with zero attached hydrogens (tertiary/aromatic N) is 1. The quantitative estimate of drug-likeness (QED) is 0.676. The van der Waals surface area contributed by atoms with E-state index in [9.17, 15) is 0 Å². The first kappa shape index (κ1) is 11.2. The van der Waals surface area contributed by atoms with Crippen molar-refractivity contribution in [2.75, 3.05) is 6.54 Å². The average molecular weight is 169 g/mol. The molecule has 0 aliphatic carbocycles. The molecule has 1 heterocycles. The van der Waals surface area contributed by atoms with E-state index in [4.69, 9.17) is 0 Å². The van der Waals surface area contributed by atoms with E-state index in [1.54, 1.807) is 6.20 Å². The van der Waals surface area contributed by atoms with Crippen LogP contribution in [0.2, 0.25) is 0 Å². The second kappa shape index (κ2) is 8.27. The largest absolute Gasteiger partial charge is 0.311 e. The summed E-state index contributed by atoms with van der Waals surface area (Å²) >= 11 is 0. The lowest BCUT2D eigenvalue weighted by atomic mass is 10.4. The van der Waals surface area contributed by atoms with Crippen molar-refractivity contribution in [3.8, 4) is 0 Å². The zero-order valence-electron chi connectivity index (χ0n) is 8.22. The Bertz CT molecular complexity index is 158. The Labute approximate surface area is 74.6 Å². The van der Waals surface area contributed by atoms with Crippen molar-refractivity contribution in [1.29, 1.82) is 0 Å². The Morgan fingerprint density at radius 3 is 2.75 bits per heavy atom. The summed E-state index contributed by atoms with van der Waals surface area (Å²) in [6, 6.07) is 1.97. The number of H-pyrrole nitrogens is 1. The van der Waals surface area contributed by atoms with Crippen LogP contribution >= 0.6 is 0 Å². The molecule has 0 saturated carbocycles. The van der Waals surface area contributed by atoms with Crippen LogP contribution in [0.5, 0.6) is 0 Å². The number of hydrogen-bond acceptors (Lipinski definition) is 2. The van der Waals surface area contributed by atoms with Crippen LogP contribution in [0, 0.1) is 0 Å². The minimum atomic E-state index is 0.897. The van der Waals surface area contributed by atoms with Gasteiger partial charge >= 0.3 is 0 Å². The molecule has 0 saturated heterocycles. The minimum Gasteiger partial charge on any atom is -0.311 e. The summed E-state index contributed by atoms with van der Waals surface area (Å²) in [5.74, 6) is 0. The molecular weight excluding hydrogens is 150 g/mol. The van der Waals surface area contributed by atoms with Crippen LogP contribution in [-0.4, -0.2) is 16.7 Å². The molecule has 0 spiro atoms. The van der Waals surface area contributed by atoms with E-state index in [0.29, 0.717) is 0 Å². The monoisotopic (exact) mass is 169 g/mol. The molecule has 1 aromatic rings. The molecule has 3 heteroatoms. The highest BCUT2D eigenvalue weighted by Crippen LogP contribution is 1.88. The number of aromatic amines is 1. The van der Waals surface area contributed by atoms with Crippen LogP contribution in [0.3, 0.4) is 0 Å². The van der Waals surface area contributed by atoms with Crippen LogP contribution in [-0.2, 0) is 6.54 Å². The van der Waals surface area contributed by atoms with Gasteiger partial charge in [-0.05, 0) is 19.0 Å². The van der Waals surface area contributed by atoms with Gasteiger partial charge < -0.3 is 5.32 Å². The third kappa shape index (κ3) is 4.91. The van der Waals surface area contributed by atoms with Crippen molar-refractivity contribution in [3.05, 3.63) is 18.0 Å². The molecule has 0 atom stereocenters. The Balaban J connectivity index is 0.000000561. The fourth-order valence-electron chi connectivity index (χ4n) is 0.783. The summed E-state index contributed by atoms with van der Waals surface area (Å²) in [5, 5.41) is 9.99. The Kier molecular flexibility index (Phi) is 7.70. The molecule has 0 amide bonds. The van der Waals surface area contributed by atoms with Gasteiger partial charge in [0.2, 0.25) is 0 Å². The smallest absolute Gasteiger partial charge is 0.0490 e. The lowest BCUT2D eigenvalue weighted by Crippen LogP contribution is -2.13. The van der Waals surface area contributed by atoms with E-state index in [1.165, 1.54) is 6.42 Å². The molecule has 0 radical (unpaired) electrons. The van der Waals surface area contributed by atoms with Crippen molar-refractivity contribution >= 4 is 0 Å². The third-order valence-corrected chi connectivity index (χ3v) is 1.30. The van der Waals surface area contributed by atoms with E-state index in [0.717, 1.165) is 18.8 Å². The Morgan fingerprint density at radius 2 is 2.25 bits per heavy atom. The fraction of sp³-hybridized carbons (Fsp3) is 0.667. The minimum absolute atomic E-state index is 0.897. The van der Waals surface area contributed by atoms with E-state index in [1.807, 2.05) is 19.9 Å². The molecule has 0 unspecified atom stereocenters. The van der Waals surface area contributed by atoms with Gasteiger partial charge in [0, 0.05) is 18.4 Å². The van der Waals surface area contributed by atoms with Crippen molar-refractivity contribution in [2.45, 2.75) is 33.7 Å². The molecule has 2 N–H and O–H groups in total. The molecule has 0 aliphatic heterocycles. The van der Waals surface area contributed by atoms with E-state index >= 15 is 0 Å². The second-order valence-electron chi connectivity index (χ2n) is 2.26. The lowest BCUT2D eigenvalue weighted by molar-refractivity contribution is 0.662. The van der Waals surface area contributed by atoms with Gasteiger partial charge in [-0.25, -0.2) is 0 Å². The van der Waals surface area contributed by atoms with Gasteiger partial charge in [0.25, 0.3) is 0 Å². The van der Waals surface area contributed by atoms with Crippen molar-refractivity contribution < 1.29 is 0 Å². The maximum atomic E-state index is 3.84. The standard InChI is InChI=1S/C7H13N3.C2H6/c1-2-4-8-6-7-3-5-9-10-7;1-2/h3,5,8H,2,4,6H2,1H3,(H,9,10);1-2H3. The van der Waals surface area contributed by atoms with Crippen LogP contribution in [0.25, 0.3) is 0 Å². The third-order valence-electron chi connectivity index (χ3n) is 1.30. The molecule has 0 bridgehead atoms. The Hall–Kier alpha value is -0.830. The summed E-state index contributed by atoms with van der Waals surface area (Å²) in [5.41, 5.74) is 1.15. The predicted molar refractivity (Wildman–Crippen MR) is 51.9 cm³/mol. The molecule has 0 fully saturated rings.